The standard InChI is InChI=1S/C12H14BrN3OS/c13-11-6-8-9(2-1-3-10(8)18-11)14-5-4-12-15-7-16-17-12/h6-7,9,14H,1-5H2. The molecule has 96 valence electrons. The Kier molecular flexibility index (Phi) is 3.77. The first kappa shape index (κ1) is 12.3. The van der Waals surface area contributed by atoms with Crippen LogP contribution in [-0.2, 0) is 12.8 Å². The predicted molar refractivity (Wildman–Crippen MR) is 73.7 cm³/mol. The highest BCUT2D eigenvalue weighted by atomic mass is 79.9. The van der Waals surface area contributed by atoms with Crippen molar-refractivity contribution >= 4 is 27.3 Å². The molecule has 0 spiro atoms. The van der Waals surface area contributed by atoms with Crippen LogP contribution in [0.2, 0.25) is 0 Å². The minimum atomic E-state index is 0.472. The fourth-order valence-corrected chi connectivity index (χ4v) is 4.21. The molecule has 0 amide bonds. The number of aromatic nitrogens is 2. The molecule has 1 N–H and O–H groups in total. The van der Waals surface area contributed by atoms with Crippen LogP contribution in [0.5, 0.6) is 0 Å². The number of rotatable bonds is 4. The van der Waals surface area contributed by atoms with Crippen molar-refractivity contribution in [3.63, 3.8) is 0 Å². The molecule has 2 aromatic heterocycles. The Labute approximate surface area is 118 Å². The van der Waals surface area contributed by atoms with E-state index in [1.807, 2.05) is 11.3 Å². The number of nitrogens with one attached hydrogen (secondary N) is 1. The van der Waals surface area contributed by atoms with Crippen LogP contribution in [0.15, 0.2) is 20.7 Å². The van der Waals surface area contributed by atoms with E-state index in [0.29, 0.717) is 11.9 Å². The van der Waals surface area contributed by atoms with Gasteiger partial charge in [-0.3, -0.25) is 0 Å². The van der Waals surface area contributed by atoms with Crippen molar-refractivity contribution in [2.24, 2.45) is 0 Å². The van der Waals surface area contributed by atoms with Gasteiger partial charge >= 0.3 is 0 Å². The van der Waals surface area contributed by atoms with Gasteiger partial charge in [-0.15, -0.1) is 11.3 Å². The SMILES string of the molecule is Brc1cc2c(s1)CCCC2NCCc1ncno1. The first-order valence-corrected chi connectivity index (χ1v) is 7.71. The van der Waals surface area contributed by atoms with Crippen LogP contribution < -0.4 is 5.32 Å². The number of halogens is 1. The maximum atomic E-state index is 4.99. The molecule has 1 aliphatic rings. The van der Waals surface area contributed by atoms with Gasteiger partial charge in [0.15, 0.2) is 6.33 Å². The summed E-state index contributed by atoms with van der Waals surface area (Å²) >= 11 is 5.44. The van der Waals surface area contributed by atoms with Gasteiger partial charge in [-0.05, 0) is 46.8 Å². The Hall–Kier alpha value is -0.720. The molecule has 0 radical (unpaired) electrons. The van der Waals surface area contributed by atoms with Crippen molar-refractivity contribution in [2.75, 3.05) is 6.54 Å². The number of fused-ring (bicyclic) bond motifs is 1. The molecular formula is C12H14BrN3OS. The third-order valence-corrected chi connectivity index (χ3v) is 4.93. The Bertz CT molecular complexity index is 511. The van der Waals surface area contributed by atoms with Crippen LogP contribution in [0, 0.1) is 0 Å². The second kappa shape index (κ2) is 5.50. The molecule has 18 heavy (non-hydrogen) atoms. The minimum Gasteiger partial charge on any atom is -0.340 e. The van der Waals surface area contributed by atoms with Gasteiger partial charge in [0.1, 0.15) is 0 Å². The Balaban J connectivity index is 1.60. The molecule has 0 saturated carbocycles. The highest BCUT2D eigenvalue weighted by molar-refractivity contribution is 9.11. The molecule has 0 bridgehead atoms. The van der Waals surface area contributed by atoms with E-state index >= 15 is 0 Å². The zero-order chi connectivity index (χ0) is 12.4. The second-order valence-corrected chi connectivity index (χ2v) is 6.93. The summed E-state index contributed by atoms with van der Waals surface area (Å²) in [5.41, 5.74) is 1.46. The number of hydrogen-bond donors (Lipinski definition) is 1. The summed E-state index contributed by atoms with van der Waals surface area (Å²) in [6.07, 6.45) is 5.92. The highest BCUT2D eigenvalue weighted by Crippen LogP contribution is 2.37. The van der Waals surface area contributed by atoms with E-state index in [1.54, 1.807) is 0 Å². The fourth-order valence-electron chi connectivity index (χ4n) is 2.39. The molecule has 0 aromatic carbocycles. The molecule has 6 heteroatoms. The van der Waals surface area contributed by atoms with Gasteiger partial charge in [0, 0.05) is 23.9 Å². The molecule has 2 heterocycles. The molecule has 2 aromatic rings. The number of nitrogens with zero attached hydrogens (tertiary/aromatic N) is 2. The van der Waals surface area contributed by atoms with Crippen molar-refractivity contribution < 1.29 is 4.52 Å². The van der Waals surface area contributed by atoms with Gasteiger partial charge in [0.25, 0.3) is 0 Å². The number of aryl methyl sites for hydroxylation is 1. The molecule has 0 fully saturated rings. The van der Waals surface area contributed by atoms with Crippen LogP contribution in [0.3, 0.4) is 0 Å². The first-order chi connectivity index (χ1) is 8.83. The van der Waals surface area contributed by atoms with Crippen molar-refractivity contribution in [3.05, 3.63) is 32.5 Å². The lowest BCUT2D eigenvalue weighted by Crippen LogP contribution is -2.26. The van der Waals surface area contributed by atoms with E-state index in [2.05, 4.69) is 37.5 Å². The number of thiophene rings is 1. The van der Waals surface area contributed by atoms with Crippen molar-refractivity contribution in [1.29, 1.82) is 0 Å². The van der Waals surface area contributed by atoms with Crippen molar-refractivity contribution in [3.8, 4) is 0 Å². The topological polar surface area (TPSA) is 51.0 Å². The summed E-state index contributed by atoms with van der Waals surface area (Å²) in [7, 11) is 0. The third kappa shape index (κ3) is 2.65. The van der Waals surface area contributed by atoms with Crippen LogP contribution in [0.1, 0.15) is 35.2 Å². The maximum absolute atomic E-state index is 4.99. The Morgan fingerprint density at radius 3 is 3.33 bits per heavy atom. The van der Waals surface area contributed by atoms with E-state index in [-0.39, 0.29) is 0 Å². The molecule has 1 atom stereocenters. The van der Waals surface area contributed by atoms with Crippen LogP contribution in [-0.4, -0.2) is 16.7 Å². The summed E-state index contributed by atoms with van der Waals surface area (Å²) in [6.45, 7) is 0.875. The molecule has 0 saturated heterocycles. The van der Waals surface area contributed by atoms with Gasteiger partial charge < -0.3 is 9.84 Å². The van der Waals surface area contributed by atoms with Gasteiger partial charge in [-0.2, -0.15) is 4.98 Å². The van der Waals surface area contributed by atoms with Crippen molar-refractivity contribution in [1.82, 2.24) is 15.5 Å². The van der Waals surface area contributed by atoms with Gasteiger partial charge in [-0.1, -0.05) is 5.16 Å². The van der Waals surface area contributed by atoms with E-state index < -0.39 is 0 Å². The van der Waals surface area contributed by atoms with Gasteiger partial charge in [0.05, 0.1) is 3.79 Å². The van der Waals surface area contributed by atoms with Gasteiger partial charge in [0.2, 0.25) is 5.89 Å². The predicted octanol–water partition coefficient (Wildman–Crippen LogP) is 3.10. The molecule has 0 aliphatic heterocycles. The smallest absolute Gasteiger partial charge is 0.227 e. The van der Waals surface area contributed by atoms with Crippen molar-refractivity contribution in [2.45, 2.75) is 31.7 Å². The molecule has 4 nitrogen and oxygen atoms in total. The van der Waals surface area contributed by atoms with E-state index in [0.717, 1.165) is 13.0 Å². The molecular weight excluding hydrogens is 314 g/mol. The summed E-state index contributed by atoms with van der Waals surface area (Å²) in [5.74, 6) is 0.699. The maximum Gasteiger partial charge on any atom is 0.227 e. The molecule has 1 unspecified atom stereocenters. The average molecular weight is 328 g/mol. The van der Waals surface area contributed by atoms with E-state index in [4.69, 9.17) is 4.52 Å². The van der Waals surface area contributed by atoms with E-state index in [9.17, 15) is 0 Å². The largest absolute Gasteiger partial charge is 0.340 e. The number of hydrogen-bond acceptors (Lipinski definition) is 5. The summed E-state index contributed by atoms with van der Waals surface area (Å²) in [5, 5.41) is 7.20. The van der Waals surface area contributed by atoms with Crippen LogP contribution in [0.25, 0.3) is 0 Å². The monoisotopic (exact) mass is 327 g/mol. The summed E-state index contributed by atoms with van der Waals surface area (Å²) in [6, 6.07) is 2.72. The van der Waals surface area contributed by atoms with Crippen LogP contribution >= 0.6 is 27.3 Å². The highest BCUT2D eigenvalue weighted by Gasteiger charge is 2.22. The zero-order valence-electron chi connectivity index (χ0n) is 9.86. The lowest BCUT2D eigenvalue weighted by molar-refractivity contribution is 0.368. The third-order valence-electron chi connectivity index (χ3n) is 3.22. The molecule has 3 rings (SSSR count). The quantitative estimate of drug-likeness (QED) is 0.937. The lowest BCUT2D eigenvalue weighted by atomic mass is 9.94. The normalized spacial score (nSPS) is 18.8. The van der Waals surface area contributed by atoms with E-state index in [1.165, 1.54) is 39.8 Å². The fraction of sp³-hybridized carbons (Fsp3) is 0.500. The molecule has 1 aliphatic carbocycles. The summed E-state index contributed by atoms with van der Waals surface area (Å²) in [4.78, 5) is 5.54. The summed E-state index contributed by atoms with van der Waals surface area (Å²) < 4.78 is 6.22. The average Bonchev–Trinajstić information content (AvgIpc) is 2.97. The van der Waals surface area contributed by atoms with Gasteiger partial charge in [-0.25, -0.2) is 0 Å². The lowest BCUT2D eigenvalue weighted by Gasteiger charge is -2.23. The minimum absolute atomic E-state index is 0.472. The zero-order valence-corrected chi connectivity index (χ0v) is 12.3. The van der Waals surface area contributed by atoms with Crippen LogP contribution in [0.4, 0.5) is 0 Å². The first-order valence-electron chi connectivity index (χ1n) is 6.10. The Morgan fingerprint density at radius 1 is 1.56 bits per heavy atom. The Morgan fingerprint density at radius 2 is 2.50 bits per heavy atom. The second-order valence-electron chi connectivity index (χ2n) is 4.41.